The molecule has 1 aliphatic rings. The molecule has 1 aromatic rings. The van der Waals surface area contributed by atoms with Crippen molar-refractivity contribution in [1.29, 1.82) is 0 Å². The van der Waals surface area contributed by atoms with Crippen molar-refractivity contribution < 1.29 is 65.0 Å². The lowest BCUT2D eigenvalue weighted by atomic mass is 10.1. The summed E-state index contributed by atoms with van der Waals surface area (Å²) in [7, 11) is -18.5. The molecule has 172 valence electrons. The Hall–Kier alpha value is -1.13. The van der Waals surface area contributed by atoms with Gasteiger partial charge in [0.2, 0.25) is 6.23 Å². The van der Waals surface area contributed by atoms with Gasteiger partial charge in [0.05, 0.1) is 14.4 Å². The monoisotopic (exact) mass is 499 g/mol. The third kappa shape index (κ3) is 6.20. The molecule has 0 aromatic carbocycles. The zero-order valence-corrected chi connectivity index (χ0v) is 16.7. The number of aliphatic hydroxyl groups excluding tert-OH is 1. The first-order valence-electron chi connectivity index (χ1n) is 7.21. The Kier molecular flexibility index (Phi) is 7.06. The molecule has 3 N–H and O–H groups in total. The van der Waals surface area contributed by atoms with E-state index in [1.807, 2.05) is 0 Å². The lowest BCUT2D eigenvalue weighted by molar-refractivity contribution is -0.339. The van der Waals surface area contributed by atoms with E-state index in [9.17, 15) is 52.0 Å². The molecule has 0 bridgehead atoms. The number of aliphatic hydroxyl groups is 1. The Morgan fingerprint density at radius 1 is 1.23 bits per heavy atom. The van der Waals surface area contributed by atoms with Crippen LogP contribution in [0, 0.1) is 0 Å². The molecular formula is C9H10F2N3O13P3-4. The summed E-state index contributed by atoms with van der Waals surface area (Å²) >= 11 is 0. The van der Waals surface area contributed by atoms with E-state index in [1.165, 1.54) is 0 Å². The summed E-state index contributed by atoms with van der Waals surface area (Å²) in [6.45, 7) is -1.47. The van der Waals surface area contributed by atoms with Gasteiger partial charge in [-0.15, -0.1) is 0 Å². The Morgan fingerprint density at radius 3 is 2.37 bits per heavy atom. The van der Waals surface area contributed by atoms with Gasteiger partial charge in [-0.3, -0.25) is 18.0 Å². The van der Waals surface area contributed by atoms with Gasteiger partial charge < -0.3 is 44.2 Å². The van der Waals surface area contributed by atoms with Crippen LogP contribution in [0.2, 0.25) is 0 Å². The standard InChI is InChI=1S/C9H14F2N3O13P3/c10-9(11)6(15)4(25-7(9)14-2-1-5(12)13-8(14)16)3-24-29(20,21)27-30(22,23)26-28(17,18)19/h1-2,4,6-7,15H,3H2,(H,20,21)(H,22,23)(H2,12,13,16)(H2,17,18,19)/p-4/t4-,6-,7-/m1/s1. The first-order valence-corrected chi connectivity index (χ1v) is 11.6. The van der Waals surface area contributed by atoms with Crippen molar-refractivity contribution in [3.05, 3.63) is 22.7 Å². The zero-order chi connectivity index (χ0) is 23.1. The molecule has 1 aliphatic heterocycles. The SMILES string of the molecule is Nc1ccn([C@@H]2O[C@H](COP(=O)([O-])OP(=O)([O-])OP(=O)([O-])[O-])[C@@H](O)C2(F)F)c(=O)n1. The number of nitrogens with zero attached hydrogens (tertiary/aromatic N) is 2. The van der Waals surface area contributed by atoms with Crippen LogP contribution in [-0.2, 0) is 31.6 Å². The van der Waals surface area contributed by atoms with Crippen LogP contribution in [0.3, 0.4) is 0 Å². The van der Waals surface area contributed by atoms with E-state index in [4.69, 9.17) is 10.5 Å². The minimum Gasteiger partial charge on any atom is -0.790 e. The Balaban J connectivity index is 2.12. The Morgan fingerprint density at radius 2 is 1.83 bits per heavy atom. The molecule has 0 aliphatic carbocycles. The average molecular weight is 499 g/mol. The lowest BCUT2D eigenvalue weighted by Crippen LogP contribution is -2.42. The summed E-state index contributed by atoms with van der Waals surface area (Å²) < 4.78 is 76.3. The van der Waals surface area contributed by atoms with Crippen LogP contribution in [0.5, 0.6) is 0 Å². The molecular weight excluding hydrogens is 489 g/mol. The van der Waals surface area contributed by atoms with Gasteiger partial charge >= 0.3 is 11.6 Å². The van der Waals surface area contributed by atoms with E-state index >= 15 is 0 Å². The number of hydrogen-bond donors (Lipinski definition) is 2. The van der Waals surface area contributed by atoms with Crippen LogP contribution in [0.4, 0.5) is 14.6 Å². The van der Waals surface area contributed by atoms with Crippen molar-refractivity contribution in [2.75, 3.05) is 12.3 Å². The fourth-order valence-electron chi connectivity index (χ4n) is 2.16. The first kappa shape index (κ1) is 25.1. The van der Waals surface area contributed by atoms with Crippen LogP contribution in [0.1, 0.15) is 6.23 Å². The highest BCUT2D eigenvalue weighted by Gasteiger charge is 2.59. The van der Waals surface area contributed by atoms with E-state index in [-0.39, 0.29) is 10.4 Å². The first-order chi connectivity index (χ1) is 13.4. The maximum atomic E-state index is 14.3. The van der Waals surface area contributed by atoms with Crippen molar-refractivity contribution in [2.45, 2.75) is 24.4 Å². The quantitative estimate of drug-likeness (QED) is 0.329. The van der Waals surface area contributed by atoms with E-state index in [0.29, 0.717) is 0 Å². The van der Waals surface area contributed by atoms with E-state index < -0.39 is 60.1 Å². The van der Waals surface area contributed by atoms with Crippen molar-refractivity contribution in [3.63, 3.8) is 0 Å². The van der Waals surface area contributed by atoms with Crippen molar-refractivity contribution in [3.8, 4) is 0 Å². The van der Waals surface area contributed by atoms with Crippen LogP contribution in [0.25, 0.3) is 0 Å². The molecule has 5 atom stereocenters. The Labute approximate surface area is 164 Å². The molecule has 0 radical (unpaired) electrons. The van der Waals surface area contributed by atoms with Gasteiger partial charge in [0.15, 0.2) is 6.10 Å². The number of ether oxygens (including phenoxy) is 1. The van der Waals surface area contributed by atoms with Crippen molar-refractivity contribution >= 4 is 29.3 Å². The number of phosphoric acid groups is 3. The molecule has 1 aromatic heterocycles. The fraction of sp³-hybridized carbons (Fsp3) is 0.556. The summed E-state index contributed by atoms with van der Waals surface area (Å²) in [6, 6.07) is 0.952. The van der Waals surface area contributed by atoms with Gasteiger partial charge in [0, 0.05) is 6.20 Å². The Bertz CT molecular complexity index is 998. The molecule has 0 amide bonds. The van der Waals surface area contributed by atoms with Gasteiger partial charge in [-0.05, 0) is 6.07 Å². The highest BCUT2D eigenvalue weighted by molar-refractivity contribution is 7.64. The van der Waals surface area contributed by atoms with Gasteiger partial charge in [-0.1, -0.05) is 0 Å². The number of anilines is 1. The molecule has 2 heterocycles. The highest BCUT2D eigenvalue weighted by atomic mass is 31.3. The molecule has 1 fully saturated rings. The maximum Gasteiger partial charge on any atom is 0.351 e. The van der Waals surface area contributed by atoms with Crippen LogP contribution < -0.4 is 31.0 Å². The molecule has 0 saturated carbocycles. The van der Waals surface area contributed by atoms with Crippen molar-refractivity contribution in [1.82, 2.24) is 9.55 Å². The highest BCUT2D eigenvalue weighted by Crippen LogP contribution is 2.60. The minimum atomic E-state index is -6.26. The summed E-state index contributed by atoms with van der Waals surface area (Å²) in [6.07, 6.45) is -6.63. The number of aromatic nitrogens is 2. The number of nitrogen functional groups attached to an aromatic ring is 1. The number of phosphoric ester groups is 1. The van der Waals surface area contributed by atoms with Crippen LogP contribution in [-0.4, -0.2) is 39.4 Å². The number of rotatable bonds is 8. The minimum absolute atomic E-state index is 0.243. The summed E-state index contributed by atoms with van der Waals surface area (Å²) in [5.41, 5.74) is 3.92. The molecule has 21 heteroatoms. The summed E-state index contributed by atoms with van der Waals surface area (Å²) in [5, 5.41) is 9.67. The average Bonchev–Trinajstić information content (AvgIpc) is 2.73. The van der Waals surface area contributed by atoms with Crippen molar-refractivity contribution in [2.24, 2.45) is 0 Å². The topological polar surface area (TPSA) is 262 Å². The van der Waals surface area contributed by atoms with E-state index in [1.54, 1.807) is 0 Å². The van der Waals surface area contributed by atoms with Gasteiger partial charge in [-0.2, -0.15) is 13.8 Å². The zero-order valence-electron chi connectivity index (χ0n) is 14.0. The predicted molar refractivity (Wildman–Crippen MR) is 78.7 cm³/mol. The molecule has 1 saturated heterocycles. The van der Waals surface area contributed by atoms with Crippen LogP contribution >= 0.6 is 23.5 Å². The lowest BCUT2D eigenvalue weighted by Gasteiger charge is -2.37. The summed E-state index contributed by atoms with van der Waals surface area (Å²) in [5.74, 6) is -4.50. The summed E-state index contributed by atoms with van der Waals surface area (Å²) in [4.78, 5) is 57.8. The van der Waals surface area contributed by atoms with E-state index in [2.05, 4.69) is 18.1 Å². The predicted octanol–water partition coefficient (Wildman–Crippen LogP) is -3.47. The van der Waals surface area contributed by atoms with E-state index in [0.717, 1.165) is 12.3 Å². The molecule has 0 spiro atoms. The van der Waals surface area contributed by atoms with Crippen LogP contribution in [0.15, 0.2) is 17.1 Å². The van der Waals surface area contributed by atoms with Gasteiger partial charge in [-0.25, -0.2) is 9.11 Å². The number of hydrogen-bond acceptors (Lipinski definition) is 15. The second kappa shape index (κ2) is 8.43. The number of halogens is 2. The third-order valence-electron chi connectivity index (χ3n) is 3.28. The maximum absolute atomic E-state index is 14.3. The normalized spacial score (nSPS) is 28.0. The molecule has 2 unspecified atom stereocenters. The fourth-order valence-corrected chi connectivity index (χ4v) is 5.02. The smallest absolute Gasteiger partial charge is 0.351 e. The number of alkyl halides is 2. The van der Waals surface area contributed by atoms with Gasteiger partial charge in [0.25, 0.3) is 15.6 Å². The molecule has 30 heavy (non-hydrogen) atoms. The molecule has 2 rings (SSSR count). The van der Waals surface area contributed by atoms with Gasteiger partial charge in [0.1, 0.15) is 11.9 Å². The largest absolute Gasteiger partial charge is 0.790 e. The third-order valence-corrected chi connectivity index (χ3v) is 6.95. The second-order valence-corrected chi connectivity index (χ2v) is 9.74. The second-order valence-electron chi connectivity index (χ2n) is 5.49. The molecule has 16 nitrogen and oxygen atoms in total. The number of nitrogens with two attached hydrogens (primary N) is 1.